The van der Waals surface area contributed by atoms with Crippen molar-refractivity contribution in [3.05, 3.63) is 18.4 Å². The average Bonchev–Trinajstić information content (AvgIpc) is 2.64. The van der Waals surface area contributed by atoms with E-state index in [0.717, 1.165) is 5.75 Å². The van der Waals surface area contributed by atoms with E-state index in [1.54, 1.807) is 23.9 Å². The standard InChI is InChI=1S/C9H13NO3S/c1-14-6-4-7(9(11)12)10-8-3-2-5-13-8/h2-3,5,7,10H,4,6H2,1H3,(H,11,12). The van der Waals surface area contributed by atoms with Crippen molar-refractivity contribution in [2.75, 3.05) is 17.3 Å². The van der Waals surface area contributed by atoms with Gasteiger partial charge in [-0.15, -0.1) is 0 Å². The second kappa shape index (κ2) is 5.59. The molecule has 1 heterocycles. The molecule has 1 aromatic rings. The van der Waals surface area contributed by atoms with Gasteiger partial charge in [-0.05, 0) is 24.5 Å². The van der Waals surface area contributed by atoms with Crippen LogP contribution in [0.4, 0.5) is 5.88 Å². The van der Waals surface area contributed by atoms with Crippen molar-refractivity contribution in [3.8, 4) is 0 Å². The van der Waals surface area contributed by atoms with Gasteiger partial charge in [0.2, 0.25) is 0 Å². The van der Waals surface area contributed by atoms with E-state index in [1.165, 1.54) is 6.26 Å². The molecule has 78 valence electrons. The normalized spacial score (nSPS) is 12.4. The van der Waals surface area contributed by atoms with E-state index in [2.05, 4.69) is 5.32 Å². The molecule has 1 rings (SSSR count). The molecule has 4 nitrogen and oxygen atoms in total. The molecular formula is C9H13NO3S. The lowest BCUT2D eigenvalue weighted by molar-refractivity contribution is -0.137. The van der Waals surface area contributed by atoms with Crippen LogP contribution < -0.4 is 5.32 Å². The molecule has 0 aliphatic rings. The summed E-state index contributed by atoms with van der Waals surface area (Å²) in [5.74, 6) is 0.457. The zero-order valence-corrected chi connectivity index (χ0v) is 8.71. The predicted molar refractivity (Wildman–Crippen MR) is 56.8 cm³/mol. The van der Waals surface area contributed by atoms with Crippen LogP contribution in [0.2, 0.25) is 0 Å². The van der Waals surface area contributed by atoms with Gasteiger partial charge in [-0.1, -0.05) is 0 Å². The first-order valence-electron chi connectivity index (χ1n) is 4.26. The number of carboxylic acids is 1. The Morgan fingerprint density at radius 3 is 3.07 bits per heavy atom. The minimum atomic E-state index is -0.851. The number of thioether (sulfide) groups is 1. The van der Waals surface area contributed by atoms with Crippen molar-refractivity contribution in [2.45, 2.75) is 12.5 Å². The number of carboxylic acid groups (broad SMARTS) is 1. The lowest BCUT2D eigenvalue weighted by atomic mass is 10.2. The van der Waals surface area contributed by atoms with Gasteiger partial charge < -0.3 is 14.8 Å². The molecule has 1 unspecified atom stereocenters. The van der Waals surface area contributed by atoms with Crippen LogP contribution in [0.25, 0.3) is 0 Å². The summed E-state index contributed by atoms with van der Waals surface area (Å²) < 4.78 is 5.01. The summed E-state index contributed by atoms with van der Waals surface area (Å²) in [6.07, 6.45) is 4.04. The number of furan rings is 1. The Morgan fingerprint density at radius 2 is 2.57 bits per heavy atom. The van der Waals surface area contributed by atoms with E-state index in [1.807, 2.05) is 6.26 Å². The van der Waals surface area contributed by atoms with Crippen LogP contribution >= 0.6 is 11.8 Å². The van der Waals surface area contributed by atoms with Gasteiger partial charge in [0.25, 0.3) is 0 Å². The number of nitrogens with one attached hydrogen (secondary N) is 1. The van der Waals surface area contributed by atoms with E-state index in [-0.39, 0.29) is 0 Å². The Bertz CT molecular complexity index is 274. The summed E-state index contributed by atoms with van der Waals surface area (Å²) in [4.78, 5) is 10.8. The Labute approximate surface area is 86.7 Å². The third-order valence-electron chi connectivity index (χ3n) is 1.75. The number of rotatable bonds is 6. The van der Waals surface area contributed by atoms with Gasteiger partial charge in [0, 0.05) is 6.07 Å². The highest BCUT2D eigenvalue weighted by Gasteiger charge is 2.17. The first kappa shape index (κ1) is 11.0. The average molecular weight is 215 g/mol. The first-order chi connectivity index (χ1) is 6.74. The molecule has 0 fully saturated rings. The molecule has 14 heavy (non-hydrogen) atoms. The Hall–Kier alpha value is -1.10. The van der Waals surface area contributed by atoms with Crippen LogP contribution in [0, 0.1) is 0 Å². The molecule has 5 heteroatoms. The first-order valence-corrected chi connectivity index (χ1v) is 5.65. The van der Waals surface area contributed by atoms with Crippen molar-refractivity contribution >= 4 is 23.6 Å². The van der Waals surface area contributed by atoms with Crippen molar-refractivity contribution in [1.29, 1.82) is 0 Å². The number of hydrogen-bond acceptors (Lipinski definition) is 4. The van der Waals surface area contributed by atoms with Crippen LogP contribution in [-0.4, -0.2) is 29.1 Å². The topological polar surface area (TPSA) is 62.5 Å². The number of hydrogen-bond donors (Lipinski definition) is 2. The summed E-state index contributed by atoms with van der Waals surface area (Å²) in [5.41, 5.74) is 0. The van der Waals surface area contributed by atoms with Crippen LogP contribution in [0.5, 0.6) is 0 Å². The number of anilines is 1. The minimum Gasteiger partial charge on any atom is -0.480 e. The SMILES string of the molecule is CSCCC(Nc1ccco1)C(=O)O. The maximum absolute atomic E-state index is 10.8. The van der Waals surface area contributed by atoms with Gasteiger partial charge in [-0.25, -0.2) is 4.79 Å². The number of aliphatic carboxylic acids is 1. The third kappa shape index (κ3) is 3.33. The molecule has 0 radical (unpaired) electrons. The van der Waals surface area contributed by atoms with Gasteiger partial charge in [0.15, 0.2) is 5.88 Å². The maximum atomic E-state index is 10.8. The van der Waals surface area contributed by atoms with Crippen LogP contribution in [0.15, 0.2) is 22.8 Å². The Kier molecular flexibility index (Phi) is 4.39. The lowest BCUT2D eigenvalue weighted by Crippen LogP contribution is -2.29. The molecule has 0 aromatic carbocycles. The van der Waals surface area contributed by atoms with Crippen molar-refractivity contribution in [2.24, 2.45) is 0 Å². The predicted octanol–water partition coefficient (Wildman–Crippen LogP) is 1.90. The molecule has 0 aliphatic carbocycles. The number of carbonyl (C=O) groups is 1. The van der Waals surface area contributed by atoms with E-state index >= 15 is 0 Å². The van der Waals surface area contributed by atoms with E-state index in [0.29, 0.717) is 12.3 Å². The fourth-order valence-electron chi connectivity index (χ4n) is 1.03. The molecule has 2 N–H and O–H groups in total. The highest BCUT2D eigenvalue weighted by atomic mass is 32.2. The molecule has 0 amide bonds. The Morgan fingerprint density at radius 1 is 1.79 bits per heavy atom. The highest BCUT2D eigenvalue weighted by molar-refractivity contribution is 7.98. The molecular weight excluding hydrogens is 202 g/mol. The van der Waals surface area contributed by atoms with Gasteiger partial charge >= 0.3 is 5.97 Å². The summed E-state index contributed by atoms with van der Waals surface area (Å²) in [7, 11) is 0. The van der Waals surface area contributed by atoms with Crippen molar-refractivity contribution < 1.29 is 14.3 Å². The van der Waals surface area contributed by atoms with Gasteiger partial charge in [0.1, 0.15) is 6.04 Å². The molecule has 0 spiro atoms. The maximum Gasteiger partial charge on any atom is 0.326 e. The largest absolute Gasteiger partial charge is 0.480 e. The molecule has 0 saturated heterocycles. The van der Waals surface area contributed by atoms with Crippen LogP contribution in [0.3, 0.4) is 0 Å². The quantitative estimate of drug-likeness (QED) is 0.758. The highest BCUT2D eigenvalue weighted by Crippen LogP contribution is 2.11. The van der Waals surface area contributed by atoms with E-state index in [9.17, 15) is 4.79 Å². The smallest absolute Gasteiger partial charge is 0.326 e. The summed E-state index contributed by atoms with van der Waals surface area (Å²) in [5, 5.41) is 11.7. The molecule has 1 atom stereocenters. The summed E-state index contributed by atoms with van der Waals surface area (Å²) >= 11 is 1.63. The molecule has 0 saturated carbocycles. The van der Waals surface area contributed by atoms with Crippen molar-refractivity contribution in [3.63, 3.8) is 0 Å². The molecule has 0 aliphatic heterocycles. The van der Waals surface area contributed by atoms with Gasteiger partial charge in [-0.3, -0.25) is 0 Å². The third-order valence-corrected chi connectivity index (χ3v) is 2.39. The second-order valence-electron chi connectivity index (χ2n) is 2.79. The van der Waals surface area contributed by atoms with E-state index < -0.39 is 12.0 Å². The van der Waals surface area contributed by atoms with Gasteiger partial charge in [0.05, 0.1) is 6.26 Å². The minimum absolute atomic E-state index is 0.499. The van der Waals surface area contributed by atoms with Gasteiger partial charge in [-0.2, -0.15) is 11.8 Å². The lowest BCUT2D eigenvalue weighted by Gasteiger charge is -2.12. The Balaban J connectivity index is 2.47. The summed E-state index contributed by atoms with van der Waals surface area (Å²) in [6, 6.07) is 2.85. The summed E-state index contributed by atoms with van der Waals surface area (Å²) in [6.45, 7) is 0. The fraction of sp³-hybridized carbons (Fsp3) is 0.444. The van der Waals surface area contributed by atoms with Crippen molar-refractivity contribution in [1.82, 2.24) is 0 Å². The zero-order valence-electron chi connectivity index (χ0n) is 7.90. The molecule has 0 bridgehead atoms. The van der Waals surface area contributed by atoms with Crippen LogP contribution in [0.1, 0.15) is 6.42 Å². The van der Waals surface area contributed by atoms with E-state index in [4.69, 9.17) is 9.52 Å². The molecule has 1 aromatic heterocycles. The van der Waals surface area contributed by atoms with Crippen LogP contribution in [-0.2, 0) is 4.79 Å². The second-order valence-corrected chi connectivity index (χ2v) is 3.78. The fourth-order valence-corrected chi connectivity index (χ4v) is 1.50. The monoisotopic (exact) mass is 215 g/mol. The zero-order chi connectivity index (χ0) is 10.4.